The van der Waals surface area contributed by atoms with E-state index in [1.54, 1.807) is 18.7 Å². The Morgan fingerprint density at radius 1 is 1.28 bits per heavy atom. The average molecular weight is 337 g/mol. The van der Waals surface area contributed by atoms with Crippen LogP contribution in [0.2, 0.25) is 0 Å². The molecule has 0 aromatic carbocycles. The van der Waals surface area contributed by atoms with Gasteiger partial charge in [0.1, 0.15) is 18.5 Å². The van der Waals surface area contributed by atoms with Crippen LogP contribution in [0.4, 0.5) is 0 Å². The number of hydrogen-bond donors (Lipinski definition) is 0. The van der Waals surface area contributed by atoms with Crippen LogP contribution in [0, 0.1) is 12.8 Å². The molecule has 0 spiro atoms. The van der Waals surface area contributed by atoms with Crippen LogP contribution in [0.5, 0.6) is 0 Å². The van der Waals surface area contributed by atoms with Gasteiger partial charge < -0.3 is 9.47 Å². The molecule has 128 valence electrons. The average Bonchev–Trinajstić information content (AvgIpc) is 3.24. The lowest BCUT2D eigenvalue weighted by Gasteiger charge is -2.24. The van der Waals surface area contributed by atoms with E-state index in [9.17, 15) is 4.79 Å². The van der Waals surface area contributed by atoms with Gasteiger partial charge in [-0.2, -0.15) is 5.10 Å². The van der Waals surface area contributed by atoms with Crippen LogP contribution in [-0.4, -0.2) is 46.7 Å². The Hall–Kier alpha value is -3.03. The van der Waals surface area contributed by atoms with E-state index in [0.29, 0.717) is 25.2 Å². The highest BCUT2D eigenvalue weighted by atomic mass is 16.2. The van der Waals surface area contributed by atoms with Gasteiger partial charge in [-0.15, -0.1) is 0 Å². The zero-order valence-corrected chi connectivity index (χ0v) is 14.0. The topological polar surface area (TPSA) is 81.7 Å². The van der Waals surface area contributed by atoms with E-state index in [0.717, 1.165) is 18.1 Å². The summed E-state index contributed by atoms with van der Waals surface area (Å²) in [5.74, 6) is 1.10. The first kappa shape index (κ1) is 15.5. The van der Waals surface area contributed by atoms with Gasteiger partial charge in [0.25, 0.3) is 5.91 Å². The molecule has 8 heteroatoms. The van der Waals surface area contributed by atoms with Gasteiger partial charge in [0, 0.05) is 49.8 Å². The summed E-state index contributed by atoms with van der Waals surface area (Å²) < 4.78 is 3.92. The van der Waals surface area contributed by atoms with Crippen LogP contribution in [0.25, 0.3) is 0 Å². The third kappa shape index (κ3) is 3.28. The fourth-order valence-corrected chi connectivity index (χ4v) is 3.18. The van der Waals surface area contributed by atoms with E-state index in [1.807, 2.05) is 34.8 Å². The van der Waals surface area contributed by atoms with Crippen molar-refractivity contribution < 1.29 is 4.79 Å². The molecule has 1 aliphatic rings. The Morgan fingerprint density at radius 2 is 2.20 bits per heavy atom. The molecule has 0 unspecified atom stereocenters. The van der Waals surface area contributed by atoms with Crippen molar-refractivity contribution in [2.24, 2.45) is 5.92 Å². The molecule has 1 amide bonds. The monoisotopic (exact) mass is 337 g/mol. The molecule has 0 N–H and O–H groups in total. The molecule has 0 radical (unpaired) electrons. The third-order valence-corrected chi connectivity index (χ3v) is 4.42. The van der Waals surface area contributed by atoms with Crippen molar-refractivity contribution in [2.45, 2.75) is 26.6 Å². The maximum absolute atomic E-state index is 13.0. The molecule has 0 fully saturated rings. The van der Waals surface area contributed by atoms with Crippen LogP contribution in [0.15, 0.2) is 43.4 Å². The number of fused-ring (bicyclic) bond motifs is 1. The lowest BCUT2D eigenvalue weighted by molar-refractivity contribution is 0.0712. The standard InChI is InChI=1S/C17H19N7O/c1-13-2-3-15(6-20-13)17(25)23-8-14(9-24-12-18-11-21-24)7-22-5-4-19-16(22)10-23/h2-6,11-12,14H,7-10H2,1H3/t14-/m1/s1. The van der Waals surface area contributed by atoms with Crippen molar-refractivity contribution in [3.63, 3.8) is 0 Å². The number of aromatic nitrogens is 6. The molecule has 8 nitrogen and oxygen atoms in total. The van der Waals surface area contributed by atoms with Crippen LogP contribution in [0.1, 0.15) is 21.9 Å². The minimum absolute atomic E-state index is 0.0208. The summed E-state index contributed by atoms with van der Waals surface area (Å²) in [5, 5.41) is 4.19. The highest BCUT2D eigenvalue weighted by Gasteiger charge is 2.27. The van der Waals surface area contributed by atoms with Crippen LogP contribution < -0.4 is 0 Å². The zero-order valence-electron chi connectivity index (χ0n) is 14.0. The molecule has 0 saturated heterocycles. The number of amides is 1. The van der Waals surface area contributed by atoms with E-state index in [1.165, 1.54) is 6.33 Å². The normalized spacial score (nSPS) is 17.2. The third-order valence-electron chi connectivity index (χ3n) is 4.42. The summed E-state index contributed by atoms with van der Waals surface area (Å²) in [6, 6.07) is 3.69. The number of carbonyl (C=O) groups is 1. The van der Waals surface area contributed by atoms with Crippen LogP contribution in [-0.2, 0) is 19.6 Å². The smallest absolute Gasteiger partial charge is 0.255 e. The highest BCUT2D eigenvalue weighted by molar-refractivity contribution is 5.93. The van der Waals surface area contributed by atoms with Crippen molar-refractivity contribution in [1.82, 2.24) is 34.2 Å². The first-order valence-electron chi connectivity index (χ1n) is 8.23. The number of imidazole rings is 1. The van der Waals surface area contributed by atoms with Gasteiger partial charge in [-0.3, -0.25) is 14.5 Å². The Balaban J connectivity index is 1.60. The minimum atomic E-state index is -0.0208. The molecule has 0 bridgehead atoms. The zero-order chi connectivity index (χ0) is 17.2. The van der Waals surface area contributed by atoms with Crippen molar-refractivity contribution in [2.75, 3.05) is 6.54 Å². The largest absolute Gasteiger partial charge is 0.333 e. The lowest BCUT2D eigenvalue weighted by Crippen LogP contribution is -2.35. The summed E-state index contributed by atoms with van der Waals surface area (Å²) in [5.41, 5.74) is 1.50. The fourth-order valence-electron chi connectivity index (χ4n) is 3.18. The van der Waals surface area contributed by atoms with E-state index in [-0.39, 0.29) is 11.8 Å². The predicted octanol–water partition coefficient (Wildman–Crippen LogP) is 1.15. The number of hydrogen-bond acceptors (Lipinski definition) is 5. The second-order valence-electron chi connectivity index (χ2n) is 6.35. The Kier molecular flexibility index (Phi) is 4.01. The molecule has 1 atom stereocenters. The van der Waals surface area contributed by atoms with Crippen molar-refractivity contribution in [1.29, 1.82) is 0 Å². The highest BCUT2D eigenvalue weighted by Crippen LogP contribution is 2.19. The van der Waals surface area contributed by atoms with Crippen LogP contribution >= 0.6 is 0 Å². The van der Waals surface area contributed by atoms with Gasteiger partial charge in [-0.25, -0.2) is 9.97 Å². The first-order chi connectivity index (χ1) is 12.2. The fraction of sp³-hybridized carbons (Fsp3) is 0.353. The summed E-state index contributed by atoms with van der Waals surface area (Å²) >= 11 is 0. The number of nitrogens with zero attached hydrogens (tertiary/aromatic N) is 7. The van der Waals surface area contributed by atoms with Crippen molar-refractivity contribution in [3.8, 4) is 0 Å². The Labute approximate surface area is 145 Å². The molecule has 0 saturated carbocycles. The molecule has 3 aromatic rings. The maximum Gasteiger partial charge on any atom is 0.255 e. The van der Waals surface area contributed by atoms with E-state index in [2.05, 4.69) is 24.6 Å². The molecular formula is C17H19N7O. The number of pyridine rings is 1. The molecule has 4 heterocycles. The van der Waals surface area contributed by atoms with E-state index in [4.69, 9.17) is 0 Å². The minimum Gasteiger partial charge on any atom is -0.333 e. The first-order valence-corrected chi connectivity index (χ1v) is 8.23. The Morgan fingerprint density at radius 3 is 2.96 bits per heavy atom. The summed E-state index contributed by atoms with van der Waals surface area (Å²) in [6.07, 6.45) is 8.62. The molecule has 4 rings (SSSR count). The number of rotatable bonds is 3. The number of aryl methyl sites for hydroxylation is 1. The van der Waals surface area contributed by atoms with Gasteiger partial charge in [0.05, 0.1) is 12.1 Å². The van der Waals surface area contributed by atoms with Gasteiger partial charge in [0.15, 0.2) is 0 Å². The summed E-state index contributed by atoms with van der Waals surface area (Å²) in [6.45, 7) is 4.54. The SMILES string of the molecule is Cc1ccc(C(=O)N2Cc3nccn3C[C@@H](Cn3cncn3)C2)cn1. The molecule has 25 heavy (non-hydrogen) atoms. The van der Waals surface area contributed by atoms with E-state index < -0.39 is 0 Å². The molecule has 3 aromatic heterocycles. The van der Waals surface area contributed by atoms with Crippen molar-refractivity contribution in [3.05, 3.63) is 60.5 Å². The summed E-state index contributed by atoms with van der Waals surface area (Å²) in [7, 11) is 0. The Bertz CT molecular complexity index is 854. The quantitative estimate of drug-likeness (QED) is 0.716. The lowest BCUT2D eigenvalue weighted by atomic mass is 10.1. The van der Waals surface area contributed by atoms with Crippen molar-refractivity contribution >= 4 is 5.91 Å². The molecule has 0 aliphatic carbocycles. The van der Waals surface area contributed by atoms with Gasteiger partial charge in [-0.05, 0) is 19.1 Å². The van der Waals surface area contributed by atoms with Gasteiger partial charge in [-0.1, -0.05) is 0 Å². The molecular weight excluding hydrogens is 318 g/mol. The second-order valence-corrected chi connectivity index (χ2v) is 6.35. The van der Waals surface area contributed by atoms with Gasteiger partial charge >= 0.3 is 0 Å². The van der Waals surface area contributed by atoms with E-state index >= 15 is 0 Å². The molecule has 1 aliphatic heterocycles. The number of carbonyl (C=O) groups excluding carboxylic acids is 1. The van der Waals surface area contributed by atoms with Crippen LogP contribution in [0.3, 0.4) is 0 Å². The summed E-state index contributed by atoms with van der Waals surface area (Å²) in [4.78, 5) is 27.5. The second kappa shape index (κ2) is 6.46. The predicted molar refractivity (Wildman–Crippen MR) is 89.5 cm³/mol. The maximum atomic E-state index is 13.0. The van der Waals surface area contributed by atoms with Gasteiger partial charge in [0.2, 0.25) is 0 Å².